The Morgan fingerprint density at radius 3 is 2.68 bits per heavy atom. The normalized spacial score (nSPS) is 10.3. The average Bonchev–Trinajstić information content (AvgIpc) is 2.38. The SMILES string of the molecule is CCOCCN(C)c1ccc(C(C)=O)c([N+](=O)[O-])c1. The number of nitro benzene ring substituents is 1. The van der Waals surface area contributed by atoms with Crippen molar-refractivity contribution in [2.75, 3.05) is 31.7 Å². The van der Waals surface area contributed by atoms with Gasteiger partial charge in [-0.1, -0.05) is 0 Å². The number of carbonyl (C=O) groups excluding carboxylic acids is 1. The molecule has 0 fully saturated rings. The maximum atomic E-state index is 11.3. The highest BCUT2D eigenvalue weighted by Crippen LogP contribution is 2.25. The molecule has 0 N–H and O–H groups in total. The predicted molar refractivity (Wildman–Crippen MR) is 72.9 cm³/mol. The first kappa shape index (κ1) is 15.1. The number of carbonyl (C=O) groups is 1. The van der Waals surface area contributed by atoms with E-state index in [2.05, 4.69) is 0 Å². The Kier molecular flexibility index (Phi) is 5.44. The van der Waals surface area contributed by atoms with Gasteiger partial charge in [-0.15, -0.1) is 0 Å². The van der Waals surface area contributed by atoms with Gasteiger partial charge in [-0.05, 0) is 26.0 Å². The van der Waals surface area contributed by atoms with Crippen molar-refractivity contribution in [2.45, 2.75) is 13.8 Å². The number of hydrogen-bond donors (Lipinski definition) is 0. The number of rotatable bonds is 7. The number of benzene rings is 1. The summed E-state index contributed by atoms with van der Waals surface area (Å²) < 4.78 is 5.24. The van der Waals surface area contributed by atoms with Crippen molar-refractivity contribution < 1.29 is 14.5 Å². The maximum Gasteiger partial charge on any atom is 0.282 e. The number of nitrogens with zero attached hydrogens (tertiary/aromatic N) is 2. The van der Waals surface area contributed by atoms with Gasteiger partial charge in [-0.3, -0.25) is 14.9 Å². The molecular weight excluding hydrogens is 248 g/mol. The van der Waals surface area contributed by atoms with E-state index < -0.39 is 4.92 Å². The Labute approximate surface area is 112 Å². The van der Waals surface area contributed by atoms with Crippen molar-refractivity contribution >= 4 is 17.2 Å². The van der Waals surface area contributed by atoms with Crippen LogP contribution in [-0.2, 0) is 4.74 Å². The predicted octanol–water partition coefficient (Wildman–Crippen LogP) is 2.27. The molecule has 0 saturated heterocycles. The molecule has 19 heavy (non-hydrogen) atoms. The largest absolute Gasteiger partial charge is 0.380 e. The van der Waals surface area contributed by atoms with Crippen molar-refractivity contribution in [3.63, 3.8) is 0 Å². The maximum absolute atomic E-state index is 11.3. The third-order valence-electron chi connectivity index (χ3n) is 2.77. The Morgan fingerprint density at radius 1 is 1.47 bits per heavy atom. The molecule has 1 rings (SSSR count). The summed E-state index contributed by atoms with van der Waals surface area (Å²) >= 11 is 0. The first-order valence-electron chi connectivity index (χ1n) is 6.05. The second-order valence-corrected chi connectivity index (χ2v) is 4.13. The van der Waals surface area contributed by atoms with Gasteiger partial charge in [-0.25, -0.2) is 0 Å². The highest BCUT2D eigenvalue weighted by atomic mass is 16.6. The van der Waals surface area contributed by atoms with E-state index in [1.165, 1.54) is 19.1 Å². The summed E-state index contributed by atoms with van der Waals surface area (Å²) in [5.41, 5.74) is 0.664. The highest BCUT2D eigenvalue weighted by molar-refractivity contribution is 5.98. The van der Waals surface area contributed by atoms with E-state index in [0.717, 1.165) is 0 Å². The smallest absolute Gasteiger partial charge is 0.282 e. The minimum Gasteiger partial charge on any atom is -0.380 e. The molecule has 0 bridgehead atoms. The number of likely N-dealkylation sites (N-methyl/N-ethyl adjacent to an activating group) is 1. The summed E-state index contributed by atoms with van der Waals surface area (Å²) in [6.07, 6.45) is 0. The van der Waals surface area contributed by atoms with Crippen LogP contribution in [0.2, 0.25) is 0 Å². The van der Waals surface area contributed by atoms with Crippen molar-refractivity contribution in [2.24, 2.45) is 0 Å². The minimum atomic E-state index is -0.531. The van der Waals surface area contributed by atoms with Gasteiger partial charge in [0, 0.05) is 32.0 Å². The highest BCUT2D eigenvalue weighted by Gasteiger charge is 2.18. The van der Waals surface area contributed by atoms with Gasteiger partial charge in [0.05, 0.1) is 17.1 Å². The first-order valence-corrected chi connectivity index (χ1v) is 6.05. The standard InChI is InChI=1S/C13H18N2O4/c1-4-19-8-7-14(3)11-5-6-12(10(2)16)13(9-11)15(17)18/h5-6,9H,4,7-8H2,1-3H3. The summed E-state index contributed by atoms with van der Waals surface area (Å²) in [6, 6.07) is 4.62. The lowest BCUT2D eigenvalue weighted by atomic mass is 10.1. The van der Waals surface area contributed by atoms with Gasteiger partial charge in [0.15, 0.2) is 5.78 Å². The summed E-state index contributed by atoms with van der Waals surface area (Å²) in [4.78, 5) is 23.6. The number of hydrogen-bond acceptors (Lipinski definition) is 5. The Balaban J connectivity index is 2.95. The Bertz CT molecular complexity index is 474. The third kappa shape index (κ3) is 4.03. The lowest BCUT2D eigenvalue weighted by molar-refractivity contribution is -0.385. The molecule has 0 aliphatic rings. The quantitative estimate of drug-likeness (QED) is 0.327. The van der Waals surface area contributed by atoms with Crippen LogP contribution in [0.25, 0.3) is 0 Å². The number of anilines is 1. The molecular formula is C13H18N2O4. The summed E-state index contributed by atoms with van der Waals surface area (Å²) in [5, 5.41) is 11.0. The average molecular weight is 266 g/mol. The molecule has 0 aromatic heterocycles. The van der Waals surface area contributed by atoms with E-state index >= 15 is 0 Å². The molecule has 6 nitrogen and oxygen atoms in total. The second kappa shape index (κ2) is 6.84. The van der Waals surface area contributed by atoms with Crippen molar-refractivity contribution in [1.82, 2.24) is 0 Å². The van der Waals surface area contributed by atoms with Crippen LogP contribution in [0, 0.1) is 10.1 Å². The topological polar surface area (TPSA) is 72.7 Å². The molecule has 1 aromatic carbocycles. The molecule has 0 unspecified atom stereocenters. The van der Waals surface area contributed by atoms with Gasteiger partial charge < -0.3 is 9.64 Å². The summed E-state index contributed by atoms with van der Waals surface area (Å²) in [7, 11) is 1.82. The van der Waals surface area contributed by atoms with Crippen LogP contribution in [-0.4, -0.2) is 37.5 Å². The van der Waals surface area contributed by atoms with E-state index in [9.17, 15) is 14.9 Å². The number of ketones is 1. The number of Topliss-reactive ketones (excluding diaryl/α,β-unsaturated/α-hetero) is 1. The zero-order valence-corrected chi connectivity index (χ0v) is 11.4. The van der Waals surface area contributed by atoms with E-state index in [-0.39, 0.29) is 17.0 Å². The van der Waals surface area contributed by atoms with E-state index in [4.69, 9.17) is 4.74 Å². The van der Waals surface area contributed by atoms with Crippen LogP contribution < -0.4 is 4.90 Å². The number of ether oxygens (including phenoxy) is 1. The van der Waals surface area contributed by atoms with Crippen LogP contribution in [0.1, 0.15) is 24.2 Å². The molecule has 0 amide bonds. The fraction of sp³-hybridized carbons (Fsp3) is 0.462. The Morgan fingerprint density at radius 2 is 2.16 bits per heavy atom. The first-order chi connectivity index (χ1) is 8.97. The lowest BCUT2D eigenvalue weighted by Gasteiger charge is -2.19. The molecule has 0 saturated carbocycles. The van der Waals surface area contributed by atoms with Crippen molar-refractivity contribution in [3.8, 4) is 0 Å². The molecule has 0 aliphatic carbocycles. The fourth-order valence-corrected chi connectivity index (χ4v) is 1.68. The minimum absolute atomic E-state index is 0.131. The molecule has 0 atom stereocenters. The van der Waals surface area contributed by atoms with Crippen LogP contribution in [0.4, 0.5) is 11.4 Å². The zero-order chi connectivity index (χ0) is 14.4. The van der Waals surface area contributed by atoms with Crippen LogP contribution in [0.5, 0.6) is 0 Å². The van der Waals surface area contributed by atoms with E-state index in [0.29, 0.717) is 25.4 Å². The molecule has 0 heterocycles. The Hall–Kier alpha value is -1.95. The van der Waals surface area contributed by atoms with Gasteiger partial charge in [0.2, 0.25) is 0 Å². The third-order valence-corrected chi connectivity index (χ3v) is 2.77. The zero-order valence-electron chi connectivity index (χ0n) is 11.4. The fourth-order valence-electron chi connectivity index (χ4n) is 1.68. The molecule has 1 aromatic rings. The van der Waals surface area contributed by atoms with Crippen molar-refractivity contribution in [3.05, 3.63) is 33.9 Å². The van der Waals surface area contributed by atoms with Crippen LogP contribution in [0.3, 0.4) is 0 Å². The van der Waals surface area contributed by atoms with Gasteiger partial charge in [0.1, 0.15) is 0 Å². The molecule has 0 spiro atoms. The van der Waals surface area contributed by atoms with Gasteiger partial charge >= 0.3 is 0 Å². The van der Waals surface area contributed by atoms with Crippen LogP contribution >= 0.6 is 0 Å². The van der Waals surface area contributed by atoms with Gasteiger partial charge in [0.25, 0.3) is 5.69 Å². The summed E-state index contributed by atoms with van der Waals surface area (Å²) in [6.45, 7) is 5.05. The second-order valence-electron chi connectivity index (χ2n) is 4.13. The molecule has 104 valence electrons. The van der Waals surface area contributed by atoms with E-state index in [1.807, 2.05) is 18.9 Å². The number of nitro groups is 1. The molecule has 0 radical (unpaired) electrons. The van der Waals surface area contributed by atoms with Gasteiger partial charge in [-0.2, -0.15) is 0 Å². The summed E-state index contributed by atoms with van der Waals surface area (Å²) in [5.74, 6) is -0.310. The molecule has 6 heteroatoms. The monoisotopic (exact) mass is 266 g/mol. The van der Waals surface area contributed by atoms with Crippen molar-refractivity contribution in [1.29, 1.82) is 0 Å². The molecule has 0 aliphatic heterocycles. The lowest BCUT2D eigenvalue weighted by Crippen LogP contribution is -2.22. The van der Waals surface area contributed by atoms with Crippen LogP contribution in [0.15, 0.2) is 18.2 Å². The van der Waals surface area contributed by atoms with E-state index in [1.54, 1.807) is 6.07 Å².